The number of fused-ring (bicyclic) bond motifs is 1. The first-order chi connectivity index (χ1) is 14.1. The maximum Gasteiger partial charge on any atom is 0.254 e. The predicted octanol–water partition coefficient (Wildman–Crippen LogP) is 3.56. The molecule has 2 unspecified atom stereocenters. The number of thiazole rings is 1. The van der Waals surface area contributed by atoms with E-state index in [0.29, 0.717) is 24.0 Å². The number of carbonyl (C=O) groups excluding carboxylic acids is 1. The maximum absolute atomic E-state index is 12.7. The number of benzene rings is 2. The zero-order valence-electron chi connectivity index (χ0n) is 16.3. The molecule has 1 aliphatic heterocycles. The predicted molar refractivity (Wildman–Crippen MR) is 115 cm³/mol. The number of aliphatic hydroxyl groups is 2. The molecule has 1 amide bonds. The molecular weight excluding hydrogens is 384 g/mol. The number of carbonyl (C=O) groups is 1. The summed E-state index contributed by atoms with van der Waals surface area (Å²) in [7, 11) is 0. The highest BCUT2D eigenvalue weighted by atomic mass is 32.1. The van der Waals surface area contributed by atoms with Crippen LogP contribution in [0.15, 0.2) is 54.6 Å². The molecule has 2 heterocycles. The number of hydrogen-bond acceptors (Lipinski definition) is 5. The largest absolute Gasteiger partial charge is 0.383 e. The van der Waals surface area contributed by atoms with Crippen LogP contribution >= 0.6 is 11.3 Å². The summed E-state index contributed by atoms with van der Waals surface area (Å²) < 4.78 is 0.931. The molecule has 0 aliphatic carbocycles. The third-order valence-electron chi connectivity index (χ3n) is 5.73. The van der Waals surface area contributed by atoms with Crippen molar-refractivity contribution in [3.63, 3.8) is 0 Å². The van der Waals surface area contributed by atoms with Crippen LogP contribution in [0.3, 0.4) is 0 Å². The summed E-state index contributed by atoms with van der Waals surface area (Å²) in [6, 6.07) is 18.0. The van der Waals surface area contributed by atoms with Crippen molar-refractivity contribution in [3.05, 3.63) is 65.2 Å². The van der Waals surface area contributed by atoms with Gasteiger partial charge in [0, 0.05) is 13.1 Å². The average molecular weight is 411 g/mol. The average Bonchev–Trinajstić information content (AvgIpc) is 3.21. The van der Waals surface area contributed by atoms with Crippen LogP contribution in [0.5, 0.6) is 0 Å². The van der Waals surface area contributed by atoms with Gasteiger partial charge < -0.3 is 15.1 Å². The summed E-state index contributed by atoms with van der Waals surface area (Å²) in [4.78, 5) is 18.8. The molecule has 0 saturated carbocycles. The highest BCUT2D eigenvalue weighted by molar-refractivity contribution is 7.18. The summed E-state index contributed by atoms with van der Waals surface area (Å²) in [5.74, 6) is 0.184. The Morgan fingerprint density at radius 1 is 1.07 bits per heavy atom. The van der Waals surface area contributed by atoms with Gasteiger partial charge in [-0.2, -0.15) is 0 Å². The van der Waals surface area contributed by atoms with E-state index in [4.69, 9.17) is 0 Å². The lowest BCUT2D eigenvalue weighted by Crippen LogP contribution is -2.45. The Morgan fingerprint density at radius 3 is 2.48 bits per heavy atom. The summed E-state index contributed by atoms with van der Waals surface area (Å²) in [5.41, 5.74) is 2.12. The minimum absolute atomic E-state index is 0.379. The van der Waals surface area contributed by atoms with Crippen LogP contribution in [-0.4, -0.2) is 45.2 Å². The van der Waals surface area contributed by atoms with Crippen molar-refractivity contribution in [3.8, 4) is 0 Å². The lowest BCUT2D eigenvalue weighted by atomic mass is 9.90. The number of aryl methyl sites for hydroxylation is 1. The van der Waals surface area contributed by atoms with Crippen molar-refractivity contribution in [2.75, 3.05) is 13.1 Å². The lowest BCUT2D eigenvalue weighted by Gasteiger charge is -2.33. The fourth-order valence-corrected chi connectivity index (χ4v) is 4.92. The Labute approximate surface area is 174 Å². The van der Waals surface area contributed by atoms with E-state index in [1.54, 1.807) is 4.90 Å². The highest BCUT2D eigenvalue weighted by Gasteiger charge is 2.33. The molecule has 1 aromatic heterocycles. The number of amides is 1. The van der Waals surface area contributed by atoms with E-state index in [1.165, 1.54) is 16.9 Å². The molecule has 0 radical (unpaired) electrons. The molecule has 1 aliphatic rings. The molecule has 2 N–H and O–H groups in total. The fraction of sp³-hybridized carbons (Fsp3) is 0.391. The van der Waals surface area contributed by atoms with Gasteiger partial charge in [0.25, 0.3) is 5.91 Å². The van der Waals surface area contributed by atoms with Crippen molar-refractivity contribution in [2.24, 2.45) is 5.92 Å². The van der Waals surface area contributed by atoms with Crippen LogP contribution in [-0.2, 0) is 11.2 Å². The second-order valence-electron chi connectivity index (χ2n) is 7.70. The third-order valence-corrected chi connectivity index (χ3v) is 6.83. The number of para-hydroxylation sites is 1. The Hall–Kier alpha value is -2.28. The van der Waals surface area contributed by atoms with E-state index in [1.807, 2.05) is 30.3 Å². The topological polar surface area (TPSA) is 73.7 Å². The Morgan fingerprint density at radius 2 is 1.76 bits per heavy atom. The first-order valence-corrected chi connectivity index (χ1v) is 11.0. The number of nitrogens with zero attached hydrogens (tertiary/aromatic N) is 2. The zero-order valence-corrected chi connectivity index (χ0v) is 17.1. The third kappa shape index (κ3) is 4.66. The molecule has 1 fully saturated rings. The molecular formula is C23H26N2O3S. The Kier molecular flexibility index (Phi) is 6.23. The Bertz CT molecular complexity index is 918. The number of piperidine rings is 1. The monoisotopic (exact) mass is 410 g/mol. The number of hydrogen-bond donors (Lipinski definition) is 2. The molecule has 3 aromatic rings. The van der Waals surface area contributed by atoms with Gasteiger partial charge >= 0.3 is 0 Å². The van der Waals surface area contributed by atoms with Gasteiger partial charge in [-0.25, -0.2) is 4.98 Å². The fourth-order valence-electron chi connectivity index (χ4n) is 3.93. The number of aliphatic hydroxyl groups excluding tert-OH is 2. The molecule has 2 atom stereocenters. The minimum Gasteiger partial charge on any atom is -0.383 e. The van der Waals surface area contributed by atoms with Crippen LogP contribution in [0.25, 0.3) is 10.2 Å². The molecule has 29 heavy (non-hydrogen) atoms. The van der Waals surface area contributed by atoms with E-state index in [9.17, 15) is 15.0 Å². The van der Waals surface area contributed by atoms with Gasteiger partial charge in [0.05, 0.1) is 10.2 Å². The van der Waals surface area contributed by atoms with Crippen molar-refractivity contribution in [1.29, 1.82) is 0 Å². The van der Waals surface area contributed by atoms with Gasteiger partial charge in [-0.1, -0.05) is 42.5 Å². The van der Waals surface area contributed by atoms with E-state index in [2.05, 4.69) is 29.2 Å². The first-order valence-electron chi connectivity index (χ1n) is 10.2. The summed E-state index contributed by atoms with van der Waals surface area (Å²) in [6.45, 7) is 1.25. The normalized spacial score (nSPS) is 17.4. The van der Waals surface area contributed by atoms with Gasteiger partial charge in [-0.15, -0.1) is 11.3 Å². The van der Waals surface area contributed by atoms with Crippen molar-refractivity contribution in [1.82, 2.24) is 9.88 Å². The number of rotatable bonds is 6. The molecule has 6 heteroatoms. The van der Waals surface area contributed by atoms with Crippen LogP contribution in [0.2, 0.25) is 0 Å². The molecule has 2 aromatic carbocycles. The molecule has 152 valence electrons. The first kappa shape index (κ1) is 20.0. The summed E-state index contributed by atoms with van der Waals surface area (Å²) >= 11 is 1.31. The molecule has 0 spiro atoms. The second-order valence-corrected chi connectivity index (χ2v) is 8.76. The number of likely N-dealkylation sites (tertiary alicyclic amines) is 1. The van der Waals surface area contributed by atoms with Gasteiger partial charge in [-0.05, 0) is 49.3 Å². The van der Waals surface area contributed by atoms with Crippen LogP contribution < -0.4 is 0 Å². The van der Waals surface area contributed by atoms with E-state index in [0.717, 1.165) is 35.9 Å². The smallest absolute Gasteiger partial charge is 0.254 e. The van der Waals surface area contributed by atoms with Crippen LogP contribution in [0.4, 0.5) is 0 Å². The van der Waals surface area contributed by atoms with Crippen LogP contribution in [0, 0.1) is 5.92 Å². The van der Waals surface area contributed by atoms with Gasteiger partial charge in [-0.3, -0.25) is 4.79 Å². The summed E-state index contributed by atoms with van der Waals surface area (Å²) in [5, 5.41) is 21.3. The van der Waals surface area contributed by atoms with Gasteiger partial charge in [0.2, 0.25) is 0 Å². The maximum atomic E-state index is 12.7. The molecule has 5 nitrogen and oxygen atoms in total. The Balaban J connectivity index is 1.30. The van der Waals surface area contributed by atoms with Gasteiger partial charge in [0.1, 0.15) is 11.1 Å². The number of aromatic nitrogens is 1. The zero-order chi connectivity index (χ0) is 20.2. The highest BCUT2D eigenvalue weighted by Crippen LogP contribution is 2.29. The van der Waals surface area contributed by atoms with Crippen molar-refractivity contribution in [2.45, 2.75) is 37.9 Å². The van der Waals surface area contributed by atoms with Crippen LogP contribution in [0.1, 0.15) is 35.9 Å². The standard InChI is InChI=1S/C23H26N2O3S/c26-20(22-24-18-8-4-5-9-19(18)29-22)21(27)23(28)25-14-12-17(13-15-25)11-10-16-6-2-1-3-7-16/h1-9,17,20-21,26-27H,10-15H2. The molecule has 0 bridgehead atoms. The molecule has 1 saturated heterocycles. The quantitative estimate of drug-likeness (QED) is 0.652. The second kappa shape index (κ2) is 9.03. The summed E-state index contributed by atoms with van der Waals surface area (Å²) in [6.07, 6.45) is 1.26. The van der Waals surface area contributed by atoms with E-state index >= 15 is 0 Å². The van der Waals surface area contributed by atoms with E-state index in [-0.39, 0.29) is 0 Å². The minimum atomic E-state index is -1.48. The molecule has 4 rings (SSSR count). The van der Waals surface area contributed by atoms with Crippen molar-refractivity contribution < 1.29 is 15.0 Å². The lowest BCUT2D eigenvalue weighted by molar-refractivity contribution is -0.148. The van der Waals surface area contributed by atoms with E-state index < -0.39 is 18.1 Å². The SMILES string of the molecule is O=C(C(O)C(O)c1nc2ccccc2s1)N1CCC(CCc2ccccc2)CC1. The van der Waals surface area contributed by atoms with Gasteiger partial charge in [0.15, 0.2) is 6.10 Å². The van der Waals surface area contributed by atoms with Crippen molar-refractivity contribution >= 4 is 27.5 Å².